The second-order valence-corrected chi connectivity index (χ2v) is 8.23. The SMILES string of the molecule is CCOC(=O)c1sc(NC(=O)c2ccc(COc3ccc(C)cc3[N+](=O)[O-])o2)c(C(=O)OC)c1C. The number of ether oxygens (including phenoxy) is 3. The maximum Gasteiger partial charge on any atom is 0.348 e. The van der Waals surface area contributed by atoms with Crippen molar-refractivity contribution in [2.45, 2.75) is 27.4 Å². The molecule has 0 aliphatic carbocycles. The number of carbonyl (C=O) groups is 3. The molecule has 11 nitrogen and oxygen atoms in total. The molecule has 1 aromatic carbocycles. The van der Waals surface area contributed by atoms with Gasteiger partial charge in [0, 0.05) is 6.07 Å². The lowest BCUT2D eigenvalue weighted by molar-refractivity contribution is -0.386. The molecular formula is C23H22N2O9S. The van der Waals surface area contributed by atoms with Gasteiger partial charge in [0.05, 0.1) is 24.2 Å². The number of methoxy groups -OCH3 is 1. The van der Waals surface area contributed by atoms with Crippen molar-refractivity contribution < 1.29 is 37.9 Å². The highest BCUT2D eigenvalue weighted by atomic mass is 32.1. The molecule has 2 aromatic heterocycles. The zero-order chi connectivity index (χ0) is 25.7. The summed E-state index contributed by atoms with van der Waals surface area (Å²) in [5, 5.41) is 13.9. The number of esters is 2. The molecule has 0 bridgehead atoms. The minimum absolute atomic E-state index is 0.0377. The Morgan fingerprint density at radius 3 is 2.54 bits per heavy atom. The van der Waals surface area contributed by atoms with E-state index < -0.39 is 22.8 Å². The largest absolute Gasteiger partial charge is 0.479 e. The summed E-state index contributed by atoms with van der Waals surface area (Å²) in [5.74, 6) is -1.82. The maximum absolute atomic E-state index is 12.8. The predicted molar refractivity (Wildman–Crippen MR) is 125 cm³/mol. The lowest BCUT2D eigenvalue weighted by Gasteiger charge is -2.06. The van der Waals surface area contributed by atoms with Crippen LogP contribution in [0.3, 0.4) is 0 Å². The molecule has 12 heteroatoms. The van der Waals surface area contributed by atoms with E-state index in [0.29, 0.717) is 11.1 Å². The summed E-state index contributed by atoms with van der Waals surface area (Å²) in [6.45, 7) is 4.92. The van der Waals surface area contributed by atoms with Crippen LogP contribution in [0, 0.1) is 24.0 Å². The second-order valence-electron chi connectivity index (χ2n) is 7.21. The summed E-state index contributed by atoms with van der Waals surface area (Å²) in [6, 6.07) is 7.43. The van der Waals surface area contributed by atoms with Crippen molar-refractivity contribution in [2.75, 3.05) is 19.0 Å². The van der Waals surface area contributed by atoms with E-state index in [9.17, 15) is 24.5 Å². The highest BCUT2D eigenvalue weighted by molar-refractivity contribution is 7.18. The Kier molecular flexibility index (Phi) is 7.87. The molecule has 0 fully saturated rings. The minimum atomic E-state index is -0.724. The number of anilines is 1. The van der Waals surface area contributed by atoms with Crippen molar-refractivity contribution in [1.82, 2.24) is 0 Å². The quantitative estimate of drug-likeness (QED) is 0.250. The number of nitrogens with one attached hydrogen (secondary N) is 1. The molecule has 0 aliphatic rings. The van der Waals surface area contributed by atoms with Gasteiger partial charge in [-0.3, -0.25) is 14.9 Å². The zero-order valence-electron chi connectivity index (χ0n) is 19.3. The fourth-order valence-electron chi connectivity index (χ4n) is 3.12. The molecule has 0 radical (unpaired) electrons. The fourth-order valence-corrected chi connectivity index (χ4v) is 4.21. The summed E-state index contributed by atoms with van der Waals surface area (Å²) >= 11 is 0.883. The fraction of sp³-hybridized carbons (Fsp3) is 0.261. The Balaban J connectivity index is 1.77. The molecule has 1 N–H and O–H groups in total. The van der Waals surface area contributed by atoms with Crippen LogP contribution >= 0.6 is 11.3 Å². The molecule has 3 rings (SSSR count). The van der Waals surface area contributed by atoms with E-state index in [0.717, 1.165) is 11.3 Å². The first-order valence-electron chi connectivity index (χ1n) is 10.3. The van der Waals surface area contributed by atoms with Crippen LogP contribution in [0.15, 0.2) is 34.7 Å². The molecule has 184 valence electrons. The highest BCUT2D eigenvalue weighted by Gasteiger charge is 2.28. The predicted octanol–water partition coefficient (Wildman–Crippen LogP) is 4.66. The van der Waals surface area contributed by atoms with Gasteiger partial charge in [-0.2, -0.15) is 0 Å². The Labute approximate surface area is 203 Å². The van der Waals surface area contributed by atoms with E-state index in [1.807, 2.05) is 0 Å². The van der Waals surface area contributed by atoms with Crippen LogP contribution in [0.5, 0.6) is 5.75 Å². The van der Waals surface area contributed by atoms with E-state index in [4.69, 9.17) is 18.6 Å². The van der Waals surface area contributed by atoms with Crippen LogP contribution in [0.4, 0.5) is 10.7 Å². The van der Waals surface area contributed by atoms with Crippen molar-refractivity contribution in [1.29, 1.82) is 0 Å². The molecule has 0 spiro atoms. The zero-order valence-corrected chi connectivity index (χ0v) is 20.1. The first-order chi connectivity index (χ1) is 16.7. The highest BCUT2D eigenvalue weighted by Crippen LogP contribution is 2.35. The van der Waals surface area contributed by atoms with Gasteiger partial charge in [-0.1, -0.05) is 6.07 Å². The molecular weight excluding hydrogens is 480 g/mol. The Morgan fingerprint density at radius 2 is 1.89 bits per heavy atom. The third-order valence-corrected chi connectivity index (χ3v) is 5.98. The van der Waals surface area contributed by atoms with E-state index in [1.165, 1.54) is 31.4 Å². The third-order valence-electron chi connectivity index (χ3n) is 4.79. The van der Waals surface area contributed by atoms with Crippen molar-refractivity contribution in [2.24, 2.45) is 0 Å². The number of thiophene rings is 1. The Morgan fingerprint density at radius 1 is 1.14 bits per heavy atom. The number of carbonyl (C=O) groups excluding carboxylic acids is 3. The first kappa shape index (κ1) is 25.4. The van der Waals surface area contributed by atoms with Gasteiger partial charge in [0.15, 0.2) is 11.5 Å². The molecule has 0 unspecified atom stereocenters. The van der Waals surface area contributed by atoms with Crippen molar-refractivity contribution in [3.63, 3.8) is 0 Å². The van der Waals surface area contributed by atoms with E-state index in [2.05, 4.69) is 5.32 Å². The van der Waals surface area contributed by atoms with Crippen LogP contribution < -0.4 is 10.1 Å². The molecule has 0 atom stereocenters. The molecule has 2 heterocycles. The summed E-state index contributed by atoms with van der Waals surface area (Å²) in [4.78, 5) is 48.1. The number of hydrogen-bond acceptors (Lipinski definition) is 10. The molecule has 0 aliphatic heterocycles. The molecule has 3 aromatic rings. The van der Waals surface area contributed by atoms with Gasteiger partial charge in [0.1, 0.15) is 22.2 Å². The number of rotatable bonds is 9. The van der Waals surface area contributed by atoms with Gasteiger partial charge in [0.2, 0.25) is 0 Å². The van der Waals surface area contributed by atoms with Gasteiger partial charge >= 0.3 is 17.6 Å². The Bertz CT molecular complexity index is 1290. The molecule has 0 saturated heterocycles. The van der Waals surface area contributed by atoms with Crippen LogP contribution in [0.1, 0.15) is 54.4 Å². The van der Waals surface area contributed by atoms with E-state index in [1.54, 1.807) is 26.8 Å². The van der Waals surface area contributed by atoms with E-state index in [-0.39, 0.29) is 51.6 Å². The van der Waals surface area contributed by atoms with Crippen LogP contribution in [-0.4, -0.2) is 36.5 Å². The second kappa shape index (κ2) is 10.8. The average Bonchev–Trinajstić information content (AvgIpc) is 3.42. The van der Waals surface area contributed by atoms with Gasteiger partial charge in [-0.25, -0.2) is 9.59 Å². The first-order valence-corrected chi connectivity index (χ1v) is 11.1. The monoisotopic (exact) mass is 502 g/mol. The number of nitro groups is 1. The maximum atomic E-state index is 12.8. The molecule has 1 amide bonds. The number of nitro benzene ring substituents is 1. The average molecular weight is 503 g/mol. The number of hydrogen-bond donors (Lipinski definition) is 1. The van der Waals surface area contributed by atoms with Gasteiger partial charge in [0.25, 0.3) is 5.91 Å². The number of nitrogens with zero attached hydrogens (tertiary/aromatic N) is 1. The molecule has 0 saturated carbocycles. The lowest BCUT2D eigenvalue weighted by Crippen LogP contribution is -2.13. The van der Waals surface area contributed by atoms with Crippen molar-refractivity contribution in [3.8, 4) is 5.75 Å². The number of aryl methyl sites for hydroxylation is 1. The summed E-state index contributed by atoms with van der Waals surface area (Å²) in [5.41, 5.74) is 0.886. The van der Waals surface area contributed by atoms with Crippen LogP contribution in [0.25, 0.3) is 0 Å². The summed E-state index contributed by atoms with van der Waals surface area (Å²) < 4.78 is 20.8. The normalized spacial score (nSPS) is 10.5. The van der Waals surface area contributed by atoms with Gasteiger partial charge in [-0.05, 0) is 50.1 Å². The summed E-state index contributed by atoms with van der Waals surface area (Å²) in [6.07, 6.45) is 0. The standard InChI is InChI=1S/C23H22N2O9S/c1-5-32-23(28)19-13(3)18(22(27)31-4)21(35-19)24-20(26)17-9-7-14(34-17)11-33-16-8-6-12(2)10-15(16)25(29)30/h6-10H,5,11H2,1-4H3,(H,24,26). The topological polar surface area (TPSA) is 147 Å². The van der Waals surface area contributed by atoms with Crippen LogP contribution in [0.2, 0.25) is 0 Å². The number of furan rings is 1. The molecule has 35 heavy (non-hydrogen) atoms. The van der Waals surface area contributed by atoms with E-state index >= 15 is 0 Å². The van der Waals surface area contributed by atoms with Crippen molar-refractivity contribution >= 4 is 39.9 Å². The van der Waals surface area contributed by atoms with Gasteiger partial charge < -0.3 is 23.9 Å². The number of amides is 1. The summed E-state index contributed by atoms with van der Waals surface area (Å²) in [7, 11) is 1.19. The van der Waals surface area contributed by atoms with Gasteiger partial charge in [-0.15, -0.1) is 11.3 Å². The minimum Gasteiger partial charge on any atom is -0.479 e. The smallest absolute Gasteiger partial charge is 0.348 e. The lowest BCUT2D eigenvalue weighted by atomic mass is 10.1. The third kappa shape index (κ3) is 5.66. The Hall–Kier alpha value is -4.19. The van der Waals surface area contributed by atoms with Crippen LogP contribution in [-0.2, 0) is 16.1 Å². The number of benzene rings is 1. The van der Waals surface area contributed by atoms with Crippen molar-refractivity contribution in [3.05, 3.63) is 73.5 Å².